The molecule has 71 valence electrons. The van der Waals surface area contributed by atoms with Gasteiger partial charge in [0.05, 0.1) is 0 Å². The van der Waals surface area contributed by atoms with E-state index in [-0.39, 0.29) is 0 Å². The molecule has 0 saturated heterocycles. The number of unbranched alkanes of at least 4 members (excludes halogenated alkanes) is 4. The van der Waals surface area contributed by atoms with Crippen LogP contribution in [0.25, 0.3) is 0 Å². The van der Waals surface area contributed by atoms with Crippen LogP contribution in [0.2, 0.25) is 0 Å². The fraction of sp³-hybridized carbons (Fsp3) is 0.750. The van der Waals surface area contributed by atoms with E-state index in [0.29, 0.717) is 0 Å². The molecule has 0 atom stereocenters. The second-order valence-electron chi connectivity index (χ2n) is 3.38. The molecule has 12 heavy (non-hydrogen) atoms. The standard InChI is InChI=1S/C12H23/c1-4-7-8-9-10-11-12(5-2)6-3/h5H,2,4,6-11H2,1,3H3/b12-5+. The van der Waals surface area contributed by atoms with E-state index in [1.807, 2.05) is 6.08 Å². The normalized spacial score (nSPS) is 12.1. The van der Waals surface area contributed by atoms with Crippen molar-refractivity contribution < 1.29 is 0 Å². The molecule has 0 aromatic carbocycles. The SMILES string of the molecule is [CH2]/C=C(\CC)CCCCCCC. The Balaban J connectivity index is 3.18. The Bertz CT molecular complexity index is 111. The van der Waals surface area contributed by atoms with Crippen LogP contribution in [0.15, 0.2) is 11.6 Å². The van der Waals surface area contributed by atoms with Crippen LogP contribution in [0.5, 0.6) is 0 Å². The van der Waals surface area contributed by atoms with Crippen LogP contribution in [0.4, 0.5) is 0 Å². The van der Waals surface area contributed by atoms with Gasteiger partial charge in [0.15, 0.2) is 0 Å². The van der Waals surface area contributed by atoms with E-state index >= 15 is 0 Å². The first-order valence-electron chi connectivity index (χ1n) is 5.32. The molecule has 0 amide bonds. The summed E-state index contributed by atoms with van der Waals surface area (Å²) < 4.78 is 0. The van der Waals surface area contributed by atoms with Crippen molar-refractivity contribution in [3.05, 3.63) is 18.6 Å². The Morgan fingerprint density at radius 1 is 1.08 bits per heavy atom. The highest BCUT2D eigenvalue weighted by molar-refractivity contribution is 5.02. The lowest BCUT2D eigenvalue weighted by atomic mass is 10.0. The van der Waals surface area contributed by atoms with Gasteiger partial charge in [-0.05, 0) is 26.2 Å². The van der Waals surface area contributed by atoms with Crippen molar-refractivity contribution >= 4 is 0 Å². The zero-order valence-corrected chi connectivity index (χ0v) is 8.73. The van der Waals surface area contributed by atoms with Gasteiger partial charge in [0.1, 0.15) is 0 Å². The molecule has 0 nitrogen and oxygen atoms in total. The Morgan fingerprint density at radius 2 is 1.75 bits per heavy atom. The monoisotopic (exact) mass is 167 g/mol. The van der Waals surface area contributed by atoms with Gasteiger partial charge >= 0.3 is 0 Å². The summed E-state index contributed by atoms with van der Waals surface area (Å²) in [5, 5.41) is 0. The molecule has 0 unspecified atom stereocenters. The van der Waals surface area contributed by atoms with Crippen molar-refractivity contribution in [1.29, 1.82) is 0 Å². The topological polar surface area (TPSA) is 0 Å². The third kappa shape index (κ3) is 6.45. The van der Waals surface area contributed by atoms with Crippen LogP contribution in [0.1, 0.15) is 58.8 Å². The minimum Gasteiger partial charge on any atom is -0.0850 e. The number of hydrogen-bond acceptors (Lipinski definition) is 0. The summed E-state index contributed by atoms with van der Waals surface area (Å²) in [6, 6.07) is 0. The van der Waals surface area contributed by atoms with E-state index in [1.54, 1.807) is 0 Å². The molecule has 0 aliphatic heterocycles. The van der Waals surface area contributed by atoms with Crippen LogP contribution in [0.3, 0.4) is 0 Å². The van der Waals surface area contributed by atoms with Gasteiger partial charge in [0.25, 0.3) is 0 Å². The summed E-state index contributed by atoms with van der Waals surface area (Å²) in [5.41, 5.74) is 1.52. The minimum atomic E-state index is 1.18. The quantitative estimate of drug-likeness (QED) is 0.489. The van der Waals surface area contributed by atoms with Crippen molar-refractivity contribution in [2.45, 2.75) is 58.8 Å². The van der Waals surface area contributed by atoms with Gasteiger partial charge in [-0.3, -0.25) is 0 Å². The third-order valence-corrected chi connectivity index (χ3v) is 2.34. The van der Waals surface area contributed by atoms with Crippen LogP contribution in [-0.2, 0) is 0 Å². The van der Waals surface area contributed by atoms with Crippen molar-refractivity contribution in [2.24, 2.45) is 0 Å². The zero-order chi connectivity index (χ0) is 9.23. The van der Waals surface area contributed by atoms with Gasteiger partial charge in [0, 0.05) is 0 Å². The Hall–Kier alpha value is -0.260. The van der Waals surface area contributed by atoms with Crippen LogP contribution < -0.4 is 0 Å². The van der Waals surface area contributed by atoms with Gasteiger partial charge in [-0.1, -0.05) is 51.2 Å². The highest BCUT2D eigenvalue weighted by Gasteiger charge is 1.93. The summed E-state index contributed by atoms with van der Waals surface area (Å²) in [6.45, 7) is 8.28. The van der Waals surface area contributed by atoms with Crippen molar-refractivity contribution in [3.8, 4) is 0 Å². The molecule has 0 aromatic rings. The van der Waals surface area contributed by atoms with E-state index in [9.17, 15) is 0 Å². The van der Waals surface area contributed by atoms with Crippen molar-refractivity contribution in [1.82, 2.24) is 0 Å². The predicted molar refractivity (Wildman–Crippen MR) is 57.1 cm³/mol. The highest BCUT2D eigenvalue weighted by atomic mass is 14.0. The van der Waals surface area contributed by atoms with Crippen LogP contribution >= 0.6 is 0 Å². The lowest BCUT2D eigenvalue weighted by molar-refractivity contribution is 0.626. The fourth-order valence-electron chi connectivity index (χ4n) is 1.38. The molecule has 0 spiro atoms. The lowest BCUT2D eigenvalue weighted by Gasteiger charge is -2.02. The molecular formula is C12H23. The molecule has 0 aliphatic rings. The van der Waals surface area contributed by atoms with E-state index < -0.39 is 0 Å². The van der Waals surface area contributed by atoms with E-state index in [0.717, 1.165) is 0 Å². The molecule has 0 heterocycles. The maximum Gasteiger partial charge on any atom is -0.0313 e. The molecule has 1 radical (unpaired) electrons. The Labute approximate surface area is 78.1 Å². The first-order chi connectivity index (χ1) is 5.85. The van der Waals surface area contributed by atoms with Gasteiger partial charge in [-0.25, -0.2) is 0 Å². The van der Waals surface area contributed by atoms with Gasteiger partial charge in [0.2, 0.25) is 0 Å². The van der Waals surface area contributed by atoms with Gasteiger partial charge < -0.3 is 0 Å². The van der Waals surface area contributed by atoms with Gasteiger partial charge in [-0.2, -0.15) is 0 Å². The maximum atomic E-state index is 3.81. The lowest BCUT2D eigenvalue weighted by Crippen LogP contribution is -1.82. The molecule has 0 aromatic heterocycles. The summed E-state index contributed by atoms with van der Waals surface area (Å²) in [6.07, 6.45) is 11.4. The zero-order valence-electron chi connectivity index (χ0n) is 8.73. The average molecular weight is 167 g/mol. The fourth-order valence-corrected chi connectivity index (χ4v) is 1.38. The van der Waals surface area contributed by atoms with Crippen molar-refractivity contribution in [3.63, 3.8) is 0 Å². The van der Waals surface area contributed by atoms with E-state index in [1.165, 1.54) is 50.5 Å². The van der Waals surface area contributed by atoms with Crippen molar-refractivity contribution in [2.75, 3.05) is 0 Å². The Morgan fingerprint density at radius 3 is 2.25 bits per heavy atom. The average Bonchev–Trinajstić information content (AvgIpc) is 2.11. The van der Waals surface area contributed by atoms with E-state index in [2.05, 4.69) is 20.8 Å². The summed E-state index contributed by atoms with van der Waals surface area (Å²) in [4.78, 5) is 0. The molecule has 0 heteroatoms. The molecule has 0 saturated carbocycles. The van der Waals surface area contributed by atoms with Gasteiger partial charge in [-0.15, -0.1) is 0 Å². The second-order valence-corrected chi connectivity index (χ2v) is 3.38. The smallest absolute Gasteiger partial charge is 0.0313 e. The molecule has 0 bridgehead atoms. The Kier molecular flexibility index (Phi) is 8.64. The summed E-state index contributed by atoms with van der Waals surface area (Å²) in [7, 11) is 0. The van der Waals surface area contributed by atoms with Crippen LogP contribution in [-0.4, -0.2) is 0 Å². The van der Waals surface area contributed by atoms with Crippen LogP contribution in [0, 0.1) is 6.92 Å². The number of allylic oxidation sites excluding steroid dienone is 2. The number of rotatable bonds is 7. The molecule has 0 rings (SSSR count). The number of hydrogen-bond donors (Lipinski definition) is 0. The first kappa shape index (κ1) is 11.7. The predicted octanol–water partition coefficient (Wildman–Crippen LogP) is 4.52. The molecular weight excluding hydrogens is 144 g/mol. The second kappa shape index (κ2) is 8.83. The highest BCUT2D eigenvalue weighted by Crippen LogP contribution is 2.12. The molecule has 0 N–H and O–H groups in total. The third-order valence-electron chi connectivity index (χ3n) is 2.34. The minimum absolute atomic E-state index is 1.18. The molecule has 0 fully saturated rings. The van der Waals surface area contributed by atoms with E-state index in [4.69, 9.17) is 0 Å². The summed E-state index contributed by atoms with van der Waals surface area (Å²) >= 11 is 0. The summed E-state index contributed by atoms with van der Waals surface area (Å²) in [5.74, 6) is 0. The largest absolute Gasteiger partial charge is 0.0850 e. The molecule has 0 aliphatic carbocycles. The maximum absolute atomic E-state index is 3.81. The first-order valence-corrected chi connectivity index (χ1v) is 5.32.